The summed E-state index contributed by atoms with van der Waals surface area (Å²) in [5.41, 5.74) is -1.63. The number of halogens is 1. The minimum atomic E-state index is -0.816. The Bertz CT molecular complexity index is 183. The summed E-state index contributed by atoms with van der Waals surface area (Å²) in [6, 6.07) is 0. The number of rotatable bonds is 0. The molecule has 0 aromatic heterocycles. The molecule has 2 rings (SSSR count). The van der Waals surface area contributed by atoms with Crippen molar-refractivity contribution in [3.63, 3.8) is 0 Å². The third-order valence-electron chi connectivity index (χ3n) is 3.88. The van der Waals surface area contributed by atoms with Crippen LogP contribution in [0.4, 0.5) is 0 Å². The van der Waals surface area contributed by atoms with E-state index in [1.165, 1.54) is 0 Å². The van der Waals surface area contributed by atoms with E-state index in [0.717, 1.165) is 51.4 Å². The fourth-order valence-corrected chi connectivity index (χ4v) is 3.42. The maximum absolute atomic E-state index is 10.4. The smallest absolute Gasteiger partial charge is 0.0910 e. The average Bonchev–Trinajstić information content (AvgIpc) is 2.34. The summed E-state index contributed by atoms with van der Waals surface area (Å²) in [5, 5.41) is 20.3. The van der Waals surface area contributed by atoms with Gasteiger partial charge in [-0.05, 0) is 25.7 Å². The first kappa shape index (κ1) is 10.7. The molecule has 0 aromatic carbocycles. The van der Waals surface area contributed by atoms with Crippen molar-refractivity contribution in [2.45, 2.75) is 67.9 Å². The van der Waals surface area contributed by atoms with E-state index in [2.05, 4.69) is 0 Å². The van der Waals surface area contributed by atoms with Crippen LogP contribution in [0.15, 0.2) is 0 Å². The summed E-state index contributed by atoms with van der Waals surface area (Å²) in [6.07, 6.45) is 6.97. The topological polar surface area (TPSA) is 40.5 Å². The Hall–Kier alpha value is 0.210. The second-order valence-electron chi connectivity index (χ2n) is 4.98. The molecule has 0 atom stereocenters. The highest BCUT2D eigenvalue weighted by Gasteiger charge is 2.50. The van der Waals surface area contributed by atoms with E-state index in [1.54, 1.807) is 0 Å². The fraction of sp³-hybridized carbons (Fsp3) is 1.00. The lowest BCUT2D eigenvalue weighted by atomic mass is 9.84. The molecule has 2 fully saturated rings. The second-order valence-corrected chi connectivity index (χ2v) is 5.42. The molecule has 2 saturated carbocycles. The Morgan fingerprint density at radius 2 is 1.07 bits per heavy atom. The standard InChI is InChI=1S/C11H19ClO2/c12-9-10(13)5-1-2-6-11(9,14)8-4-3-7-10/h9,13-14H,1-8H2. The van der Waals surface area contributed by atoms with Crippen molar-refractivity contribution in [2.75, 3.05) is 0 Å². The maximum atomic E-state index is 10.4. The minimum Gasteiger partial charge on any atom is -0.388 e. The Labute approximate surface area is 90.3 Å². The summed E-state index contributed by atoms with van der Waals surface area (Å²) >= 11 is 6.28. The van der Waals surface area contributed by atoms with Crippen LogP contribution < -0.4 is 0 Å². The lowest BCUT2D eigenvalue weighted by Crippen LogP contribution is -2.50. The van der Waals surface area contributed by atoms with Gasteiger partial charge in [-0.2, -0.15) is 0 Å². The molecule has 0 unspecified atom stereocenters. The molecule has 0 amide bonds. The van der Waals surface area contributed by atoms with Gasteiger partial charge in [0.25, 0.3) is 0 Å². The first-order valence-electron chi connectivity index (χ1n) is 5.66. The van der Waals surface area contributed by atoms with Crippen molar-refractivity contribution in [3.8, 4) is 0 Å². The van der Waals surface area contributed by atoms with E-state index < -0.39 is 16.6 Å². The molecule has 0 aromatic rings. The van der Waals surface area contributed by atoms with Crippen LogP contribution in [0, 0.1) is 0 Å². The normalized spacial score (nSPS) is 49.5. The number of hydrogen-bond donors (Lipinski definition) is 2. The van der Waals surface area contributed by atoms with E-state index >= 15 is 0 Å². The van der Waals surface area contributed by atoms with Crippen molar-refractivity contribution in [1.29, 1.82) is 0 Å². The number of aliphatic hydroxyl groups is 2. The highest BCUT2D eigenvalue weighted by Crippen LogP contribution is 2.45. The van der Waals surface area contributed by atoms with Crippen molar-refractivity contribution in [3.05, 3.63) is 0 Å². The van der Waals surface area contributed by atoms with Crippen LogP contribution in [-0.2, 0) is 0 Å². The van der Waals surface area contributed by atoms with Crippen molar-refractivity contribution in [1.82, 2.24) is 0 Å². The number of alkyl halides is 1. The fourth-order valence-electron chi connectivity index (χ4n) is 2.98. The second kappa shape index (κ2) is 3.66. The van der Waals surface area contributed by atoms with Gasteiger partial charge in [-0.25, -0.2) is 0 Å². The Kier molecular flexibility index (Phi) is 2.80. The molecule has 2 N–H and O–H groups in total. The summed E-state index contributed by atoms with van der Waals surface area (Å²) in [4.78, 5) is 0. The van der Waals surface area contributed by atoms with Crippen LogP contribution >= 0.6 is 11.6 Å². The van der Waals surface area contributed by atoms with E-state index in [4.69, 9.17) is 11.6 Å². The average molecular weight is 219 g/mol. The zero-order chi connectivity index (χ0) is 10.2. The zero-order valence-electron chi connectivity index (χ0n) is 8.51. The third kappa shape index (κ3) is 1.68. The van der Waals surface area contributed by atoms with Gasteiger partial charge in [-0.3, -0.25) is 0 Å². The SMILES string of the molecule is OC12CCCCC(O)(CCCC1)C2Cl. The van der Waals surface area contributed by atoms with Crippen LogP contribution in [0.3, 0.4) is 0 Å². The monoisotopic (exact) mass is 218 g/mol. The minimum absolute atomic E-state index is 0.472. The first-order chi connectivity index (χ1) is 6.57. The maximum Gasteiger partial charge on any atom is 0.0910 e. The van der Waals surface area contributed by atoms with Gasteiger partial charge < -0.3 is 10.2 Å². The highest BCUT2D eigenvalue weighted by molar-refractivity contribution is 6.22. The predicted octanol–water partition coefficient (Wildman–Crippen LogP) is 2.20. The van der Waals surface area contributed by atoms with Crippen molar-refractivity contribution >= 4 is 11.6 Å². The molecule has 0 spiro atoms. The van der Waals surface area contributed by atoms with E-state index in [1.807, 2.05) is 0 Å². The van der Waals surface area contributed by atoms with E-state index in [-0.39, 0.29) is 0 Å². The summed E-state index contributed by atoms with van der Waals surface area (Å²) in [6.45, 7) is 0. The lowest BCUT2D eigenvalue weighted by Gasteiger charge is -2.38. The predicted molar refractivity (Wildman–Crippen MR) is 56.5 cm³/mol. The molecule has 82 valence electrons. The van der Waals surface area contributed by atoms with Crippen LogP contribution in [0.2, 0.25) is 0 Å². The Morgan fingerprint density at radius 3 is 1.36 bits per heavy atom. The molecular formula is C11H19ClO2. The molecule has 0 aliphatic heterocycles. The number of hydrogen-bond acceptors (Lipinski definition) is 2. The van der Waals surface area contributed by atoms with Crippen molar-refractivity contribution < 1.29 is 10.2 Å². The molecule has 0 saturated heterocycles. The van der Waals surface area contributed by atoms with Gasteiger partial charge in [0, 0.05) is 0 Å². The molecule has 3 heteroatoms. The molecule has 2 nitrogen and oxygen atoms in total. The molecule has 14 heavy (non-hydrogen) atoms. The number of fused-ring (bicyclic) bond motifs is 2. The summed E-state index contributed by atoms with van der Waals surface area (Å²) in [7, 11) is 0. The lowest BCUT2D eigenvalue weighted by molar-refractivity contribution is -0.0515. The van der Waals surface area contributed by atoms with Crippen molar-refractivity contribution in [2.24, 2.45) is 0 Å². The van der Waals surface area contributed by atoms with Gasteiger partial charge in [-0.15, -0.1) is 11.6 Å². The largest absolute Gasteiger partial charge is 0.388 e. The zero-order valence-corrected chi connectivity index (χ0v) is 9.26. The van der Waals surface area contributed by atoms with Gasteiger partial charge in [-0.1, -0.05) is 25.7 Å². The molecule has 0 heterocycles. The molecule has 2 aliphatic carbocycles. The summed E-state index contributed by atoms with van der Waals surface area (Å²) < 4.78 is 0. The van der Waals surface area contributed by atoms with Crippen LogP contribution in [-0.4, -0.2) is 26.8 Å². The summed E-state index contributed by atoms with van der Waals surface area (Å²) in [5.74, 6) is 0. The molecule has 0 radical (unpaired) electrons. The van der Waals surface area contributed by atoms with E-state index in [0.29, 0.717) is 0 Å². The van der Waals surface area contributed by atoms with Crippen LogP contribution in [0.25, 0.3) is 0 Å². The first-order valence-corrected chi connectivity index (χ1v) is 6.09. The van der Waals surface area contributed by atoms with Gasteiger partial charge in [0.2, 0.25) is 0 Å². The van der Waals surface area contributed by atoms with Gasteiger partial charge in [0.05, 0.1) is 16.6 Å². The highest BCUT2D eigenvalue weighted by atomic mass is 35.5. The van der Waals surface area contributed by atoms with Gasteiger partial charge >= 0.3 is 0 Å². The van der Waals surface area contributed by atoms with Crippen LogP contribution in [0.1, 0.15) is 51.4 Å². The Balaban J connectivity index is 2.30. The van der Waals surface area contributed by atoms with E-state index in [9.17, 15) is 10.2 Å². The third-order valence-corrected chi connectivity index (χ3v) is 4.69. The van der Waals surface area contributed by atoms with Crippen LogP contribution in [0.5, 0.6) is 0 Å². The Morgan fingerprint density at radius 1 is 0.786 bits per heavy atom. The molecule has 2 aliphatic rings. The molecular weight excluding hydrogens is 200 g/mol. The quantitative estimate of drug-likeness (QED) is 0.612. The van der Waals surface area contributed by atoms with Gasteiger partial charge in [0.15, 0.2) is 0 Å². The molecule has 2 bridgehead atoms. The van der Waals surface area contributed by atoms with Gasteiger partial charge in [0.1, 0.15) is 0 Å².